The molecule has 0 aromatic heterocycles. The lowest BCUT2D eigenvalue weighted by Gasteiger charge is -2.34. The van der Waals surface area contributed by atoms with Crippen LogP contribution in [0.1, 0.15) is 11.5 Å². The van der Waals surface area contributed by atoms with Crippen LogP contribution in [0.5, 0.6) is 11.5 Å². The predicted molar refractivity (Wildman–Crippen MR) is 72.5 cm³/mol. The minimum atomic E-state index is -0.0882. The molecule has 102 valence electrons. The molecule has 20 heavy (non-hydrogen) atoms. The average molecular weight is 270 g/mol. The Bertz CT molecular complexity index is 615. The zero-order valence-electron chi connectivity index (χ0n) is 10.8. The number of rotatable bonds is 1. The third-order valence-electron chi connectivity index (χ3n) is 3.64. The summed E-state index contributed by atoms with van der Waals surface area (Å²) in [6.45, 7) is 1.22. The van der Waals surface area contributed by atoms with E-state index in [1.807, 2.05) is 30.4 Å². The number of hydrogen-bond acceptors (Lipinski definition) is 4. The summed E-state index contributed by atoms with van der Waals surface area (Å²) in [5, 5.41) is 0. The Balaban J connectivity index is 1.75. The van der Waals surface area contributed by atoms with Crippen molar-refractivity contribution in [3.8, 4) is 11.5 Å². The largest absolute Gasteiger partial charge is 0.493 e. The fraction of sp³-hybridized carbons (Fsp3) is 0.250. The van der Waals surface area contributed by atoms with E-state index >= 15 is 0 Å². The van der Waals surface area contributed by atoms with E-state index in [-0.39, 0.29) is 12.0 Å². The van der Waals surface area contributed by atoms with E-state index in [4.69, 9.17) is 18.9 Å². The van der Waals surface area contributed by atoms with Gasteiger partial charge >= 0.3 is 0 Å². The van der Waals surface area contributed by atoms with Crippen molar-refractivity contribution in [2.75, 3.05) is 13.2 Å². The van der Waals surface area contributed by atoms with Gasteiger partial charge in [0.1, 0.15) is 31.0 Å². The topological polar surface area (TPSA) is 36.9 Å². The second-order valence-corrected chi connectivity index (χ2v) is 4.80. The lowest BCUT2D eigenvalue weighted by atomic mass is 9.87. The Morgan fingerprint density at radius 2 is 2.00 bits per heavy atom. The van der Waals surface area contributed by atoms with Crippen LogP contribution >= 0.6 is 0 Å². The molecule has 1 fully saturated rings. The maximum absolute atomic E-state index is 5.88. The minimum absolute atomic E-state index is 0.0698. The molecular weight excluding hydrogens is 256 g/mol. The summed E-state index contributed by atoms with van der Waals surface area (Å²) < 4.78 is 22.7. The predicted octanol–water partition coefficient (Wildman–Crippen LogP) is 2.88. The molecule has 1 saturated heterocycles. The highest BCUT2D eigenvalue weighted by molar-refractivity contribution is 5.52. The van der Waals surface area contributed by atoms with E-state index in [1.54, 1.807) is 6.26 Å². The third kappa shape index (κ3) is 1.80. The quantitative estimate of drug-likeness (QED) is 0.786. The van der Waals surface area contributed by atoms with Gasteiger partial charge < -0.3 is 18.9 Å². The van der Waals surface area contributed by atoms with Gasteiger partial charge in [-0.3, -0.25) is 0 Å². The van der Waals surface area contributed by atoms with E-state index in [0.29, 0.717) is 13.2 Å². The van der Waals surface area contributed by atoms with Crippen LogP contribution in [0.2, 0.25) is 0 Å². The van der Waals surface area contributed by atoms with Crippen molar-refractivity contribution >= 4 is 0 Å². The van der Waals surface area contributed by atoms with Crippen LogP contribution < -0.4 is 9.47 Å². The SMILES string of the molecule is C1=CC(c2cccc3c2OC=CO3)C2OCCOC2=C1. The molecule has 1 aromatic rings. The molecule has 0 saturated carbocycles. The van der Waals surface area contributed by atoms with Crippen molar-refractivity contribution in [3.63, 3.8) is 0 Å². The van der Waals surface area contributed by atoms with Gasteiger partial charge in [-0.2, -0.15) is 0 Å². The number of hydrogen-bond donors (Lipinski definition) is 0. The molecule has 4 heteroatoms. The van der Waals surface area contributed by atoms with E-state index < -0.39 is 0 Å². The summed E-state index contributed by atoms with van der Waals surface area (Å²) in [5.74, 6) is 2.43. The summed E-state index contributed by atoms with van der Waals surface area (Å²) in [5.41, 5.74) is 1.05. The van der Waals surface area contributed by atoms with Gasteiger partial charge in [-0.05, 0) is 12.1 Å². The highest BCUT2D eigenvalue weighted by Crippen LogP contribution is 2.43. The second kappa shape index (κ2) is 4.72. The molecule has 1 aromatic carbocycles. The molecule has 0 bridgehead atoms. The zero-order chi connectivity index (χ0) is 13.4. The van der Waals surface area contributed by atoms with Crippen molar-refractivity contribution in [3.05, 3.63) is 60.3 Å². The zero-order valence-corrected chi connectivity index (χ0v) is 10.8. The molecule has 0 radical (unpaired) electrons. The maximum atomic E-state index is 5.88. The molecular formula is C16H14O4. The van der Waals surface area contributed by atoms with Gasteiger partial charge in [0.05, 0.1) is 6.61 Å². The first-order chi connectivity index (χ1) is 9.93. The van der Waals surface area contributed by atoms with Crippen LogP contribution in [-0.4, -0.2) is 19.3 Å². The molecule has 0 spiro atoms. The molecule has 2 aliphatic heterocycles. The standard InChI is InChI=1S/C16H14O4/c1-3-11(15-13(5-1)17-7-9-19-15)12-4-2-6-14-16(12)20-10-8-18-14/h1-7,9,12,16H,8,10H2. The van der Waals surface area contributed by atoms with Gasteiger partial charge in [-0.1, -0.05) is 24.3 Å². The summed E-state index contributed by atoms with van der Waals surface area (Å²) in [7, 11) is 0. The Morgan fingerprint density at radius 1 is 1.05 bits per heavy atom. The van der Waals surface area contributed by atoms with Crippen molar-refractivity contribution in [1.82, 2.24) is 0 Å². The Morgan fingerprint density at radius 3 is 3.00 bits per heavy atom. The molecule has 2 atom stereocenters. The normalized spacial score (nSPS) is 26.5. The van der Waals surface area contributed by atoms with Gasteiger partial charge in [0.2, 0.25) is 0 Å². The number of para-hydroxylation sites is 1. The maximum Gasteiger partial charge on any atom is 0.173 e. The van der Waals surface area contributed by atoms with Gasteiger partial charge in [-0.15, -0.1) is 0 Å². The van der Waals surface area contributed by atoms with Crippen LogP contribution in [0.3, 0.4) is 0 Å². The van der Waals surface area contributed by atoms with Gasteiger partial charge in [0.15, 0.2) is 11.5 Å². The molecule has 2 unspecified atom stereocenters. The molecule has 1 aliphatic carbocycles. The summed E-state index contributed by atoms with van der Waals surface area (Å²) >= 11 is 0. The third-order valence-corrected chi connectivity index (χ3v) is 3.64. The van der Waals surface area contributed by atoms with Crippen LogP contribution in [0, 0.1) is 0 Å². The van der Waals surface area contributed by atoms with Crippen molar-refractivity contribution in [2.24, 2.45) is 0 Å². The first-order valence-electron chi connectivity index (χ1n) is 6.67. The fourth-order valence-corrected chi connectivity index (χ4v) is 2.77. The number of allylic oxidation sites excluding steroid dienone is 2. The van der Waals surface area contributed by atoms with Crippen LogP contribution in [0.4, 0.5) is 0 Å². The summed E-state index contributed by atoms with van der Waals surface area (Å²) in [6, 6.07) is 5.90. The molecule has 3 aliphatic rings. The first kappa shape index (κ1) is 11.6. The van der Waals surface area contributed by atoms with Gasteiger partial charge in [-0.25, -0.2) is 0 Å². The Labute approximate surface area is 116 Å². The highest BCUT2D eigenvalue weighted by atomic mass is 16.6. The van der Waals surface area contributed by atoms with Crippen LogP contribution in [0.15, 0.2) is 54.7 Å². The molecule has 2 heterocycles. The Kier molecular flexibility index (Phi) is 2.74. The van der Waals surface area contributed by atoms with Crippen molar-refractivity contribution < 1.29 is 18.9 Å². The smallest absolute Gasteiger partial charge is 0.173 e. The molecule has 0 amide bonds. The monoisotopic (exact) mass is 270 g/mol. The van der Waals surface area contributed by atoms with E-state index in [1.165, 1.54) is 6.26 Å². The van der Waals surface area contributed by atoms with E-state index in [0.717, 1.165) is 22.8 Å². The lowest BCUT2D eigenvalue weighted by molar-refractivity contribution is -0.0489. The second-order valence-electron chi connectivity index (χ2n) is 4.80. The van der Waals surface area contributed by atoms with Gasteiger partial charge in [0.25, 0.3) is 0 Å². The van der Waals surface area contributed by atoms with Gasteiger partial charge in [0, 0.05) is 11.5 Å². The lowest BCUT2D eigenvalue weighted by Crippen LogP contribution is -2.33. The first-order valence-corrected chi connectivity index (χ1v) is 6.67. The van der Waals surface area contributed by atoms with E-state index in [2.05, 4.69) is 6.08 Å². The highest BCUT2D eigenvalue weighted by Gasteiger charge is 2.34. The summed E-state index contributed by atoms with van der Waals surface area (Å²) in [6.07, 6.45) is 9.08. The Hall–Kier alpha value is -2.20. The van der Waals surface area contributed by atoms with Crippen LogP contribution in [-0.2, 0) is 9.47 Å². The number of benzene rings is 1. The van der Waals surface area contributed by atoms with Crippen molar-refractivity contribution in [2.45, 2.75) is 12.0 Å². The molecule has 4 nitrogen and oxygen atoms in total. The fourth-order valence-electron chi connectivity index (χ4n) is 2.77. The molecule has 0 N–H and O–H groups in total. The van der Waals surface area contributed by atoms with Crippen molar-refractivity contribution in [1.29, 1.82) is 0 Å². The number of fused-ring (bicyclic) bond motifs is 2. The number of ether oxygens (including phenoxy) is 4. The average Bonchev–Trinajstić information content (AvgIpc) is 2.54. The minimum Gasteiger partial charge on any atom is -0.493 e. The van der Waals surface area contributed by atoms with Crippen LogP contribution in [0.25, 0.3) is 0 Å². The van der Waals surface area contributed by atoms with E-state index in [9.17, 15) is 0 Å². The summed E-state index contributed by atoms with van der Waals surface area (Å²) in [4.78, 5) is 0. The molecule has 4 rings (SSSR count).